The van der Waals surface area contributed by atoms with Gasteiger partial charge in [0.05, 0.1) is 6.04 Å². The number of halogens is 1. The highest BCUT2D eigenvalue weighted by Gasteiger charge is 2.22. The van der Waals surface area contributed by atoms with Gasteiger partial charge in [-0.1, -0.05) is 26.8 Å². The first-order valence-corrected chi connectivity index (χ1v) is 9.80. The van der Waals surface area contributed by atoms with Crippen molar-refractivity contribution in [3.8, 4) is 0 Å². The number of anilines is 1. The number of amides is 2. The molecule has 0 bridgehead atoms. The Labute approximate surface area is 178 Å². The van der Waals surface area contributed by atoms with Crippen LogP contribution in [0.5, 0.6) is 0 Å². The summed E-state index contributed by atoms with van der Waals surface area (Å²) in [5, 5.41) is 6.04. The molecule has 2 aromatic carbocycles. The lowest BCUT2D eigenvalue weighted by atomic mass is 9.87. The number of benzene rings is 2. The van der Waals surface area contributed by atoms with Gasteiger partial charge in [-0.15, -0.1) is 12.4 Å². The van der Waals surface area contributed by atoms with Crippen molar-refractivity contribution in [2.75, 3.05) is 12.3 Å². The maximum atomic E-state index is 12.7. The molecule has 2 amide bonds. The zero-order valence-corrected chi connectivity index (χ0v) is 18.1. The first-order chi connectivity index (χ1) is 13.2. The molecule has 1 unspecified atom stereocenters. The van der Waals surface area contributed by atoms with E-state index in [9.17, 15) is 9.59 Å². The topological polar surface area (TPSA) is 84.2 Å². The van der Waals surface area contributed by atoms with Gasteiger partial charge in [0.2, 0.25) is 0 Å². The van der Waals surface area contributed by atoms with Crippen LogP contribution >= 0.6 is 12.4 Å². The Morgan fingerprint density at radius 3 is 2.28 bits per heavy atom. The lowest BCUT2D eigenvalue weighted by molar-refractivity contribution is 0.0924. The number of aryl methyl sites for hydroxylation is 1. The Morgan fingerprint density at radius 1 is 1.03 bits per heavy atom. The largest absolute Gasteiger partial charge is 0.399 e. The number of hydrogen-bond acceptors (Lipinski definition) is 3. The van der Waals surface area contributed by atoms with Crippen molar-refractivity contribution in [1.29, 1.82) is 0 Å². The number of hydrogen-bond donors (Lipinski definition) is 3. The van der Waals surface area contributed by atoms with Gasteiger partial charge in [-0.2, -0.15) is 0 Å². The summed E-state index contributed by atoms with van der Waals surface area (Å²) in [5.41, 5.74) is 10.1. The predicted molar refractivity (Wildman–Crippen MR) is 119 cm³/mol. The average molecular weight is 416 g/mol. The third-order valence-corrected chi connectivity index (χ3v) is 4.98. The summed E-state index contributed by atoms with van der Waals surface area (Å²) >= 11 is 0. The molecule has 1 aliphatic carbocycles. The lowest BCUT2D eigenvalue weighted by Gasteiger charge is -2.26. The fourth-order valence-electron chi connectivity index (χ4n) is 3.45. The van der Waals surface area contributed by atoms with E-state index in [1.165, 1.54) is 5.56 Å². The van der Waals surface area contributed by atoms with E-state index in [1.807, 2.05) is 18.2 Å². The SMILES string of the molecule is CC(C)(C)CNC(=O)c1ccc(C(=O)NC2CCCc3cc(N)ccc32)cc1.Cl. The number of carbonyl (C=O) groups is 2. The highest BCUT2D eigenvalue weighted by Crippen LogP contribution is 2.31. The van der Waals surface area contributed by atoms with E-state index in [0.29, 0.717) is 17.7 Å². The van der Waals surface area contributed by atoms with Crippen LogP contribution in [-0.4, -0.2) is 18.4 Å². The molecule has 0 fully saturated rings. The molecule has 0 heterocycles. The van der Waals surface area contributed by atoms with Gasteiger partial charge in [-0.25, -0.2) is 0 Å². The van der Waals surface area contributed by atoms with E-state index in [2.05, 4.69) is 31.4 Å². The van der Waals surface area contributed by atoms with Gasteiger partial charge < -0.3 is 16.4 Å². The molecule has 0 aromatic heterocycles. The minimum absolute atomic E-state index is 0. The highest BCUT2D eigenvalue weighted by molar-refractivity contribution is 5.98. The summed E-state index contributed by atoms with van der Waals surface area (Å²) in [6.07, 6.45) is 2.93. The summed E-state index contributed by atoms with van der Waals surface area (Å²) in [6.45, 7) is 6.80. The van der Waals surface area contributed by atoms with E-state index in [1.54, 1.807) is 24.3 Å². The molecule has 1 atom stereocenters. The van der Waals surface area contributed by atoms with Crippen LogP contribution in [0.15, 0.2) is 42.5 Å². The molecule has 1 aliphatic rings. The predicted octanol–water partition coefficient (Wildman–Crippen LogP) is 4.27. The molecule has 3 rings (SSSR count). The van der Waals surface area contributed by atoms with Crippen molar-refractivity contribution >= 4 is 29.9 Å². The van der Waals surface area contributed by atoms with Crippen LogP contribution in [0, 0.1) is 5.41 Å². The fourth-order valence-corrected chi connectivity index (χ4v) is 3.45. The van der Waals surface area contributed by atoms with Gasteiger partial charge in [0.1, 0.15) is 0 Å². The Morgan fingerprint density at radius 2 is 1.66 bits per heavy atom. The van der Waals surface area contributed by atoms with Gasteiger partial charge >= 0.3 is 0 Å². The zero-order chi connectivity index (χ0) is 20.3. The number of nitrogens with two attached hydrogens (primary N) is 1. The second-order valence-electron chi connectivity index (χ2n) is 8.70. The Balaban J connectivity index is 0.00000300. The highest BCUT2D eigenvalue weighted by atomic mass is 35.5. The Bertz CT molecular complexity index is 873. The molecule has 0 saturated heterocycles. The van der Waals surface area contributed by atoms with E-state index in [-0.39, 0.29) is 35.7 Å². The molecule has 2 aromatic rings. The molecule has 0 spiro atoms. The van der Waals surface area contributed by atoms with Gasteiger partial charge in [-0.05, 0) is 72.2 Å². The molecule has 0 radical (unpaired) electrons. The first kappa shape index (κ1) is 22.8. The van der Waals surface area contributed by atoms with Crippen LogP contribution in [0.4, 0.5) is 5.69 Å². The zero-order valence-electron chi connectivity index (χ0n) is 17.2. The molecule has 0 aliphatic heterocycles. The smallest absolute Gasteiger partial charge is 0.251 e. The lowest BCUT2D eigenvalue weighted by Crippen LogP contribution is -2.32. The molecule has 5 nitrogen and oxygen atoms in total. The maximum absolute atomic E-state index is 12.7. The van der Waals surface area contributed by atoms with Gasteiger partial charge in [0, 0.05) is 23.4 Å². The van der Waals surface area contributed by atoms with Gasteiger partial charge in [-0.3, -0.25) is 9.59 Å². The van der Waals surface area contributed by atoms with Crippen LogP contribution in [0.1, 0.15) is 71.5 Å². The summed E-state index contributed by atoms with van der Waals surface area (Å²) in [5.74, 6) is -0.253. The van der Waals surface area contributed by atoms with E-state index in [0.717, 1.165) is 30.5 Å². The molecule has 4 N–H and O–H groups in total. The Hall–Kier alpha value is -2.53. The minimum Gasteiger partial charge on any atom is -0.399 e. The number of fused-ring (bicyclic) bond motifs is 1. The van der Waals surface area contributed by atoms with Crippen molar-refractivity contribution in [1.82, 2.24) is 10.6 Å². The summed E-state index contributed by atoms with van der Waals surface area (Å²) in [7, 11) is 0. The second kappa shape index (κ2) is 9.31. The number of carbonyl (C=O) groups excluding carboxylic acids is 2. The average Bonchev–Trinajstić information content (AvgIpc) is 2.65. The van der Waals surface area contributed by atoms with E-state index >= 15 is 0 Å². The number of nitrogen functional groups attached to an aromatic ring is 1. The van der Waals surface area contributed by atoms with Crippen LogP contribution in [0.2, 0.25) is 0 Å². The third kappa shape index (κ3) is 5.97. The molecular formula is C23H30ClN3O2. The van der Waals surface area contributed by atoms with Crippen LogP contribution in [-0.2, 0) is 6.42 Å². The van der Waals surface area contributed by atoms with Crippen molar-refractivity contribution in [2.24, 2.45) is 5.41 Å². The fraction of sp³-hybridized carbons (Fsp3) is 0.391. The molecular weight excluding hydrogens is 386 g/mol. The molecule has 29 heavy (non-hydrogen) atoms. The van der Waals surface area contributed by atoms with Gasteiger partial charge in [0.25, 0.3) is 11.8 Å². The summed E-state index contributed by atoms with van der Waals surface area (Å²) in [4.78, 5) is 24.9. The molecule has 156 valence electrons. The van der Waals surface area contributed by atoms with Crippen LogP contribution in [0.3, 0.4) is 0 Å². The van der Waals surface area contributed by atoms with Crippen molar-refractivity contribution in [2.45, 2.75) is 46.1 Å². The Kier molecular flexibility index (Phi) is 7.31. The normalized spacial score (nSPS) is 15.6. The van der Waals surface area contributed by atoms with E-state index < -0.39 is 0 Å². The molecule has 6 heteroatoms. The van der Waals surface area contributed by atoms with Crippen molar-refractivity contribution < 1.29 is 9.59 Å². The monoisotopic (exact) mass is 415 g/mol. The van der Waals surface area contributed by atoms with Gasteiger partial charge in [0.15, 0.2) is 0 Å². The van der Waals surface area contributed by atoms with E-state index in [4.69, 9.17) is 5.73 Å². The van der Waals surface area contributed by atoms with Crippen LogP contribution in [0.25, 0.3) is 0 Å². The number of rotatable bonds is 4. The van der Waals surface area contributed by atoms with Crippen molar-refractivity contribution in [3.05, 3.63) is 64.7 Å². The standard InChI is InChI=1S/C23H29N3O2.ClH/c1-23(2,3)14-25-21(27)15-7-9-16(10-8-15)22(28)26-20-6-4-5-17-13-18(24)11-12-19(17)20;/h7-13,20H,4-6,14,24H2,1-3H3,(H,25,27)(H,26,28);1H. The van der Waals surface area contributed by atoms with Crippen molar-refractivity contribution in [3.63, 3.8) is 0 Å². The summed E-state index contributed by atoms with van der Waals surface area (Å²) in [6, 6.07) is 12.7. The third-order valence-electron chi connectivity index (χ3n) is 4.98. The quantitative estimate of drug-likeness (QED) is 0.652. The minimum atomic E-state index is -0.128. The number of nitrogens with one attached hydrogen (secondary N) is 2. The second-order valence-corrected chi connectivity index (χ2v) is 8.70. The maximum Gasteiger partial charge on any atom is 0.251 e. The summed E-state index contributed by atoms with van der Waals surface area (Å²) < 4.78 is 0. The molecule has 0 saturated carbocycles. The first-order valence-electron chi connectivity index (χ1n) is 9.80. The van der Waals surface area contributed by atoms with Crippen LogP contribution < -0.4 is 16.4 Å².